The Hall–Kier alpha value is -2.21. The molecule has 0 spiro atoms. The van der Waals surface area contributed by atoms with Crippen molar-refractivity contribution in [3.05, 3.63) is 74.4 Å². The number of carbonyl (C=O) groups excluding carboxylic acids is 2. The van der Waals surface area contributed by atoms with Gasteiger partial charge < -0.3 is 0 Å². The molecule has 116 valence electrons. The SMILES string of the molecule is O=C1c2ccc3c4c(ccc(c24)C(=O)N1c1ccccc1I)CC3. The highest BCUT2D eigenvalue weighted by Gasteiger charge is 2.36. The lowest BCUT2D eigenvalue weighted by Gasteiger charge is -2.28. The number of imide groups is 1. The van der Waals surface area contributed by atoms with Gasteiger partial charge in [0.1, 0.15) is 0 Å². The van der Waals surface area contributed by atoms with Crippen molar-refractivity contribution in [1.29, 1.82) is 0 Å². The van der Waals surface area contributed by atoms with Gasteiger partial charge in [0, 0.05) is 20.1 Å². The van der Waals surface area contributed by atoms with Gasteiger partial charge in [0.2, 0.25) is 0 Å². The van der Waals surface area contributed by atoms with Gasteiger partial charge in [-0.25, -0.2) is 4.90 Å². The van der Waals surface area contributed by atoms with Crippen molar-refractivity contribution in [3.8, 4) is 0 Å². The molecule has 5 rings (SSSR count). The molecule has 3 aromatic carbocycles. The highest BCUT2D eigenvalue weighted by Crippen LogP contribution is 2.40. The van der Waals surface area contributed by atoms with E-state index in [0.717, 1.165) is 27.2 Å². The zero-order chi connectivity index (χ0) is 16.4. The van der Waals surface area contributed by atoms with Gasteiger partial charge in [0.15, 0.2) is 0 Å². The van der Waals surface area contributed by atoms with Gasteiger partial charge >= 0.3 is 0 Å². The van der Waals surface area contributed by atoms with E-state index in [1.165, 1.54) is 16.0 Å². The molecule has 2 aliphatic rings. The Morgan fingerprint density at radius 2 is 1.33 bits per heavy atom. The fourth-order valence-electron chi connectivity index (χ4n) is 3.87. The third kappa shape index (κ3) is 1.72. The van der Waals surface area contributed by atoms with Gasteiger partial charge in [0.05, 0.1) is 5.69 Å². The molecular formula is C20H12INO2. The summed E-state index contributed by atoms with van der Waals surface area (Å²) in [5.74, 6) is -0.459. The molecule has 0 bridgehead atoms. The van der Waals surface area contributed by atoms with Crippen molar-refractivity contribution in [2.24, 2.45) is 0 Å². The van der Waals surface area contributed by atoms with Crippen molar-refractivity contribution in [2.45, 2.75) is 12.8 Å². The normalized spacial score (nSPS) is 15.5. The van der Waals surface area contributed by atoms with E-state index in [9.17, 15) is 9.59 Å². The maximum atomic E-state index is 13.1. The van der Waals surface area contributed by atoms with Crippen LogP contribution in [0.3, 0.4) is 0 Å². The Morgan fingerprint density at radius 1 is 0.750 bits per heavy atom. The van der Waals surface area contributed by atoms with Crippen LogP contribution in [0.5, 0.6) is 0 Å². The lowest BCUT2D eigenvalue weighted by Crippen LogP contribution is -2.41. The average Bonchev–Trinajstić information content (AvgIpc) is 3.01. The number of para-hydroxylation sites is 1. The molecule has 2 amide bonds. The first kappa shape index (κ1) is 14.2. The van der Waals surface area contributed by atoms with Crippen LogP contribution >= 0.6 is 22.6 Å². The van der Waals surface area contributed by atoms with Crippen LogP contribution in [0.2, 0.25) is 0 Å². The first-order chi connectivity index (χ1) is 11.7. The van der Waals surface area contributed by atoms with Crippen molar-refractivity contribution < 1.29 is 9.59 Å². The Bertz CT molecular complexity index is 1010. The van der Waals surface area contributed by atoms with Crippen LogP contribution in [0.4, 0.5) is 5.69 Å². The van der Waals surface area contributed by atoms with Crippen LogP contribution in [-0.4, -0.2) is 11.8 Å². The van der Waals surface area contributed by atoms with Gasteiger partial charge in [-0.3, -0.25) is 9.59 Å². The molecule has 4 heteroatoms. The Balaban J connectivity index is 1.83. The molecule has 3 nitrogen and oxygen atoms in total. The minimum Gasteiger partial charge on any atom is -0.268 e. The second-order valence-corrected chi connectivity index (χ2v) is 7.35. The smallest absolute Gasteiger partial charge is 0.266 e. The fraction of sp³-hybridized carbons (Fsp3) is 0.100. The summed E-state index contributed by atoms with van der Waals surface area (Å²) in [6.07, 6.45) is 1.97. The van der Waals surface area contributed by atoms with E-state index in [2.05, 4.69) is 22.6 Å². The first-order valence-electron chi connectivity index (χ1n) is 7.87. The molecule has 0 radical (unpaired) electrons. The summed E-state index contributed by atoms with van der Waals surface area (Å²) in [7, 11) is 0. The molecule has 0 saturated heterocycles. The van der Waals surface area contributed by atoms with Crippen LogP contribution in [0, 0.1) is 3.57 Å². The van der Waals surface area contributed by atoms with Crippen molar-refractivity contribution >= 4 is 50.9 Å². The third-order valence-electron chi connectivity index (χ3n) is 4.96. The first-order valence-corrected chi connectivity index (χ1v) is 8.95. The summed E-state index contributed by atoms with van der Waals surface area (Å²) < 4.78 is 0.883. The minimum absolute atomic E-state index is 0.229. The quantitative estimate of drug-likeness (QED) is 0.430. The highest BCUT2D eigenvalue weighted by molar-refractivity contribution is 14.1. The van der Waals surface area contributed by atoms with E-state index in [1.54, 1.807) is 0 Å². The standard InChI is InChI=1S/C20H12INO2/c21-15-3-1-2-4-16(15)22-19(23)13-9-7-11-5-6-12-8-10-14(20(22)24)18(13)17(11)12/h1-4,7-10H,5-6H2. The molecule has 1 aliphatic heterocycles. The van der Waals surface area contributed by atoms with Crippen LogP contribution < -0.4 is 4.90 Å². The summed E-state index contributed by atoms with van der Waals surface area (Å²) in [5.41, 5.74) is 4.40. The van der Waals surface area contributed by atoms with E-state index in [4.69, 9.17) is 0 Å². The summed E-state index contributed by atoms with van der Waals surface area (Å²) in [6.45, 7) is 0. The van der Waals surface area contributed by atoms with Gasteiger partial charge in [-0.2, -0.15) is 0 Å². The highest BCUT2D eigenvalue weighted by atomic mass is 127. The van der Waals surface area contributed by atoms with Crippen LogP contribution in [0.25, 0.3) is 10.8 Å². The van der Waals surface area contributed by atoms with Gasteiger partial charge in [0.25, 0.3) is 11.8 Å². The van der Waals surface area contributed by atoms with E-state index in [1.807, 2.05) is 48.5 Å². The third-order valence-corrected chi connectivity index (χ3v) is 5.87. The van der Waals surface area contributed by atoms with Gasteiger partial charge in [-0.05, 0) is 76.2 Å². The lowest BCUT2D eigenvalue weighted by molar-refractivity contribution is 0.0893. The van der Waals surface area contributed by atoms with Crippen LogP contribution in [0.15, 0.2) is 48.5 Å². The van der Waals surface area contributed by atoms with Gasteiger partial charge in [-0.1, -0.05) is 24.3 Å². The average molecular weight is 425 g/mol. The predicted octanol–water partition coefficient (Wildman–Crippen LogP) is 4.34. The van der Waals surface area contributed by atoms with Crippen molar-refractivity contribution in [1.82, 2.24) is 0 Å². The molecule has 0 saturated carbocycles. The molecular weight excluding hydrogens is 413 g/mol. The van der Waals surface area contributed by atoms with Crippen molar-refractivity contribution in [2.75, 3.05) is 4.90 Å². The summed E-state index contributed by atoms with van der Waals surface area (Å²) in [6, 6.07) is 15.3. The summed E-state index contributed by atoms with van der Waals surface area (Å²) in [4.78, 5) is 27.5. The monoisotopic (exact) mass is 425 g/mol. The molecule has 1 heterocycles. The maximum Gasteiger partial charge on any atom is 0.266 e. The largest absolute Gasteiger partial charge is 0.268 e. The van der Waals surface area contributed by atoms with E-state index < -0.39 is 0 Å². The van der Waals surface area contributed by atoms with Crippen LogP contribution in [0.1, 0.15) is 31.8 Å². The number of rotatable bonds is 1. The number of benzene rings is 3. The predicted molar refractivity (Wildman–Crippen MR) is 102 cm³/mol. The minimum atomic E-state index is -0.229. The van der Waals surface area contributed by atoms with Crippen molar-refractivity contribution in [3.63, 3.8) is 0 Å². The summed E-state index contributed by atoms with van der Waals surface area (Å²) >= 11 is 2.16. The van der Waals surface area contributed by atoms with E-state index >= 15 is 0 Å². The zero-order valence-electron chi connectivity index (χ0n) is 12.7. The number of hydrogen-bond acceptors (Lipinski definition) is 2. The second kappa shape index (κ2) is 4.89. The number of anilines is 1. The van der Waals surface area contributed by atoms with E-state index in [0.29, 0.717) is 16.8 Å². The summed E-state index contributed by atoms with van der Waals surface area (Å²) in [5, 5.41) is 1.97. The zero-order valence-corrected chi connectivity index (χ0v) is 14.8. The fourth-order valence-corrected chi connectivity index (χ4v) is 4.50. The van der Waals surface area contributed by atoms with E-state index in [-0.39, 0.29) is 11.8 Å². The second-order valence-electron chi connectivity index (χ2n) is 6.19. The molecule has 0 atom stereocenters. The number of hydrogen-bond donors (Lipinski definition) is 0. The number of amides is 2. The molecule has 1 aliphatic carbocycles. The molecule has 24 heavy (non-hydrogen) atoms. The lowest BCUT2D eigenvalue weighted by atomic mass is 9.91. The van der Waals surface area contributed by atoms with Crippen LogP contribution in [-0.2, 0) is 12.8 Å². The topological polar surface area (TPSA) is 37.4 Å². The Labute approximate surface area is 152 Å². The number of carbonyl (C=O) groups is 2. The number of nitrogens with zero attached hydrogens (tertiary/aromatic N) is 1. The molecule has 0 unspecified atom stereocenters. The molecule has 0 N–H and O–H groups in total. The maximum absolute atomic E-state index is 13.1. The Morgan fingerprint density at radius 3 is 1.92 bits per heavy atom. The number of aryl methyl sites for hydroxylation is 2. The molecule has 3 aromatic rings. The Kier molecular flexibility index (Phi) is 2.89. The molecule has 0 fully saturated rings. The van der Waals surface area contributed by atoms with Gasteiger partial charge in [-0.15, -0.1) is 0 Å². The molecule has 0 aromatic heterocycles. The number of halogens is 1.